The maximum absolute atomic E-state index is 12.9. The van der Waals surface area contributed by atoms with Crippen LogP contribution in [-0.4, -0.2) is 55.7 Å². The Hall–Kier alpha value is -1.11. The van der Waals surface area contributed by atoms with E-state index in [0.717, 1.165) is 50.9 Å². The summed E-state index contributed by atoms with van der Waals surface area (Å²) in [6.45, 7) is 7.93. The number of halogens is 3. The number of hydrogen-bond donors (Lipinski definition) is 0. The molecule has 2 heterocycles. The Bertz CT molecular complexity index is 633. The molecule has 1 saturated carbocycles. The van der Waals surface area contributed by atoms with Crippen molar-refractivity contribution in [3.8, 4) is 0 Å². The first-order valence-electron chi connectivity index (χ1n) is 10.7. The van der Waals surface area contributed by atoms with Gasteiger partial charge in [-0.15, -0.1) is 0 Å². The molecule has 0 N–H and O–H groups in total. The molecular formula is C22H31F3N2O. The normalized spacial score (nSPS) is 28.5. The fourth-order valence-electron chi connectivity index (χ4n) is 5.01. The number of likely N-dealkylation sites (tertiary alicyclic amines) is 2. The van der Waals surface area contributed by atoms with Crippen LogP contribution in [0.5, 0.6) is 0 Å². The van der Waals surface area contributed by atoms with E-state index in [1.54, 1.807) is 6.07 Å². The smallest absolute Gasteiger partial charge is 0.381 e. The number of ether oxygens (including phenoxy) is 1. The lowest BCUT2D eigenvalue weighted by Gasteiger charge is -2.26. The van der Waals surface area contributed by atoms with E-state index in [2.05, 4.69) is 9.80 Å². The zero-order valence-corrected chi connectivity index (χ0v) is 16.5. The minimum absolute atomic E-state index is 0.551. The number of rotatable bonds is 8. The number of hydrogen-bond acceptors (Lipinski definition) is 3. The lowest BCUT2D eigenvalue weighted by Crippen LogP contribution is -2.31. The van der Waals surface area contributed by atoms with Gasteiger partial charge < -0.3 is 9.64 Å². The minimum atomic E-state index is -4.26. The van der Waals surface area contributed by atoms with Gasteiger partial charge in [0.25, 0.3) is 0 Å². The van der Waals surface area contributed by atoms with E-state index < -0.39 is 11.7 Å². The van der Waals surface area contributed by atoms with Gasteiger partial charge in [0.05, 0.1) is 12.2 Å². The zero-order valence-electron chi connectivity index (χ0n) is 16.5. The number of piperidine rings is 2. The summed E-state index contributed by atoms with van der Waals surface area (Å²) in [7, 11) is 0. The Morgan fingerprint density at radius 1 is 1.00 bits per heavy atom. The highest BCUT2D eigenvalue weighted by molar-refractivity contribution is 5.26. The van der Waals surface area contributed by atoms with Gasteiger partial charge in [-0.1, -0.05) is 24.6 Å². The van der Waals surface area contributed by atoms with Crippen molar-refractivity contribution < 1.29 is 17.9 Å². The van der Waals surface area contributed by atoms with Crippen molar-refractivity contribution in [2.45, 2.75) is 38.4 Å². The molecule has 1 aromatic carbocycles. The maximum atomic E-state index is 12.9. The Balaban J connectivity index is 1.11. The molecule has 3 nitrogen and oxygen atoms in total. The monoisotopic (exact) mass is 396 g/mol. The van der Waals surface area contributed by atoms with E-state index in [0.29, 0.717) is 24.3 Å². The van der Waals surface area contributed by atoms with E-state index in [-0.39, 0.29) is 0 Å². The maximum Gasteiger partial charge on any atom is 0.416 e. The second-order valence-corrected chi connectivity index (χ2v) is 8.71. The van der Waals surface area contributed by atoms with Gasteiger partial charge in [-0.25, -0.2) is 0 Å². The SMILES string of the molecule is FC(F)(F)c1cccc(CN2C[C@@H]3[C@@H](COCCCN4CCCCC4)[C@@H]3C2)c1. The van der Waals surface area contributed by atoms with Crippen LogP contribution < -0.4 is 0 Å². The van der Waals surface area contributed by atoms with E-state index in [1.165, 1.54) is 44.5 Å². The third kappa shape index (κ3) is 5.08. The van der Waals surface area contributed by atoms with Crippen molar-refractivity contribution in [3.63, 3.8) is 0 Å². The van der Waals surface area contributed by atoms with Crippen molar-refractivity contribution in [1.29, 1.82) is 0 Å². The quantitative estimate of drug-likeness (QED) is 0.610. The fourth-order valence-corrected chi connectivity index (χ4v) is 5.01. The largest absolute Gasteiger partial charge is 0.416 e. The molecule has 3 fully saturated rings. The van der Waals surface area contributed by atoms with Crippen LogP contribution in [0.25, 0.3) is 0 Å². The van der Waals surface area contributed by atoms with Crippen LogP contribution in [0.4, 0.5) is 13.2 Å². The third-order valence-electron chi connectivity index (χ3n) is 6.63. The highest BCUT2D eigenvalue weighted by Gasteiger charge is 2.55. The first-order valence-corrected chi connectivity index (χ1v) is 10.7. The van der Waals surface area contributed by atoms with Gasteiger partial charge in [-0.05, 0) is 61.7 Å². The molecule has 156 valence electrons. The third-order valence-corrected chi connectivity index (χ3v) is 6.63. The van der Waals surface area contributed by atoms with Crippen molar-refractivity contribution in [2.24, 2.45) is 17.8 Å². The molecule has 6 heteroatoms. The molecule has 28 heavy (non-hydrogen) atoms. The fraction of sp³-hybridized carbons (Fsp3) is 0.727. The van der Waals surface area contributed by atoms with Crippen LogP contribution in [0.1, 0.15) is 36.8 Å². The standard InChI is InChI=1S/C22H31F3N2O/c23-22(24,25)18-7-4-6-17(12-18)13-27-14-19-20(15-27)21(19)16-28-11-5-10-26-8-2-1-3-9-26/h4,6-7,12,19-21H,1-3,5,8-11,13-16H2/t19-,20+,21+. The molecular weight excluding hydrogens is 365 g/mol. The summed E-state index contributed by atoms with van der Waals surface area (Å²) in [6, 6.07) is 5.73. The number of benzene rings is 1. The second-order valence-electron chi connectivity index (χ2n) is 8.71. The van der Waals surface area contributed by atoms with Crippen LogP contribution >= 0.6 is 0 Å². The molecule has 4 rings (SSSR count). The van der Waals surface area contributed by atoms with Crippen LogP contribution in [-0.2, 0) is 17.5 Å². The molecule has 1 aliphatic carbocycles. The first-order chi connectivity index (χ1) is 13.5. The molecule has 2 saturated heterocycles. The topological polar surface area (TPSA) is 15.7 Å². The van der Waals surface area contributed by atoms with E-state index in [1.807, 2.05) is 0 Å². The molecule has 3 aliphatic rings. The number of alkyl halides is 3. The van der Waals surface area contributed by atoms with Gasteiger partial charge >= 0.3 is 6.18 Å². The van der Waals surface area contributed by atoms with Crippen molar-refractivity contribution in [3.05, 3.63) is 35.4 Å². The second kappa shape index (κ2) is 8.72. The van der Waals surface area contributed by atoms with Gasteiger partial charge in [-0.3, -0.25) is 4.90 Å². The number of fused-ring (bicyclic) bond motifs is 1. The summed E-state index contributed by atoms with van der Waals surface area (Å²) in [6.07, 6.45) is 0.901. The molecule has 0 aromatic heterocycles. The predicted octanol–water partition coefficient (Wildman–Crippen LogP) is 4.28. The van der Waals surface area contributed by atoms with Crippen molar-refractivity contribution in [2.75, 3.05) is 45.9 Å². The Labute approximate surface area is 165 Å². The molecule has 0 radical (unpaired) electrons. The molecule has 0 spiro atoms. The van der Waals surface area contributed by atoms with Gasteiger partial charge in [-0.2, -0.15) is 13.2 Å². The average molecular weight is 396 g/mol. The first kappa shape index (κ1) is 20.2. The summed E-state index contributed by atoms with van der Waals surface area (Å²) in [5.41, 5.74) is 0.201. The minimum Gasteiger partial charge on any atom is -0.381 e. The summed E-state index contributed by atoms with van der Waals surface area (Å²) in [4.78, 5) is 4.84. The highest BCUT2D eigenvalue weighted by atomic mass is 19.4. The molecule has 2 aliphatic heterocycles. The Kier molecular flexibility index (Phi) is 6.28. The molecule has 0 amide bonds. The van der Waals surface area contributed by atoms with Gasteiger partial charge in [0.15, 0.2) is 0 Å². The highest BCUT2D eigenvalue weighted by Crippen LogP contribution is 2.52. The summed E-state index contributed by atoms with van der Waals surface area (Å²) >= 11 is 0. The lowest BCUT2D eigenvalue weighted by atomic mass is 10.1. The average Bonchev–Trinajstić information content (AvgIpc) is 3.13. The summed E-state index contributed by atoms with van der Waals surface area (Å²) < 4.78 is 44.5. The van der Waals surface area contributed by atoms with Crippen LogP contribution in [0.2, 0.25) is 0 Å². The zero-order chi connectivity index (χ0) is 19.6. The lowest BCUT2D eigenvalue weighted by molar-refractivity contribution is -0.137. The van der Waals surface area contributed by atoms with Crippen molar-refractivity contribution >= 4 is 0 Å². The molecule has 1 aromatic rings. The predicted molar refractivity (Wildman–Crippen MR) is 103 cm³/mol. The van der Waals surface area contributed by atoms with E-state index in [9.17, 15) is 13.2 Å². The van der Waals surface area contributed by atoms with Gasteiger partial charge in [0.1, 0.15) is 0 Å². The molecule has 0 unspecified atom stereocenters. The van der Waals surface area contributed by atoms with E-state index in [4.69, 9.17) is 4.74 Å². The van der Waals surface area contributed by atoms with Crippen molar-refractivity contribution in [1.82, 2.24) is 9.80 Å². The van der Waals surface area contributed by atoms with Gasteiger partial charge in [0.2, 0.25) is 0 Å². The van der Waals surface area contributed by atoms with Crippen LogP contribution in [0.15, 0.2) is 24.3 Å². The Morgan fingerprint density at radius 2 is 1.75 bits per heavy atom. The molecule has 0 bridgehead atoms. The number of nitrogens with zero attached hydrogens (tertiary/aromatic N) is 2. The summed E-state index contributed by atoms with van der Waals surface area (Å²) in [5.74, 6) is 2.01. The van der Waals surface area contributed by atoms with Gasteiger partial charge in [0, 0.05) is 32.8 Å². The van der Waals surface area contributed by atoms with Crippen LogP contribution in [0, 0.1) is 17.8 Å². The van der Waals surface area contributed by atoms with E-state index >= 15 is 0 Å². The molecule has 3 atom stereocenters. The van der Waals surface area contributed by atoms with Crippen LogP contribution in [0.3, 0.4) is 0 Å². The summed E-state index contributed by atoms with van der Waals surface area (Å²) in [5, 5.41) is 0. The Morgan fingerprint density at radius 3 is 2.46 bits per heavy atom.